The van der Waals surface area contributed by atoms with Gasteiger partial charge in [-0.05, 0) is 17.7 Å². The molecule has 1 saturated heterocycles. The summed E-state index contributed by atoms with van der Waals surface area (Å²) in [7, 11) is -3.54. The summed E-state index contributed by atoms with van der Waals surface area (Å²) in [6, 6.07) is 6.68. The second-order valence-electron chi connectivity index (χ2n) is 3.98. The van der Waals surface area contributed by atoms with E-state index in [1.807, 2.05) is 0 Å². The highest BCUT2D eigenvalue weighted by Crippen LogP contribution is 2.14. The van der Waals surface area contributed by atoms with Gasteiger partial charge in [-0.2, -0.15) is 12.7 Å². The van der Waals surface area contributed by atoms with Gasteiger partial charge in [0.2, 0.25) is 0 Å². The molecule has 1 heterocycles. The minimum Gasteiger partial charge on any atom is -0.392 e. The number of hydrogen-bond acceptors (Lipinski definition) is 4. The highest BCUT2D eigenvalue weighted by molar-refractivity contribution is 7.90. The lowest BCUT2D eigenvalue weighted by Gasteiger charge is -2.26. The van der Waals surface area contributed by atoms with Gasteiger partial charge in [-0.1, -0.05) is 12.1 Å². The predicted octanol–water partition coefficient (Wildman–Crippen LogP) is 0.168. The van der Waals surface area contributed by atoms with Crippen molar-refractivity contribution in [3.8, 4) is 0 Å². The number of nitrogens with zero attached hydrogens (tertiary/aromatic N) is 1. The highest BCUT2D eigenvalue weighted by Gasteiger charge is 2.23. The smallest absolute Gasteiger partial charge is 0.301 e. The Kier molecular flexibility index (Phi) is 4.18. The molecule has 1 aromatic carbocycles. The second-order valence-corrected chi connectivity index (χ2v) is 5.65. The van der Waals surface area contributed by atoms with E-state index in [9.17, 15) is 8.42 Å². The van der Waals surface area contributed by atoms with Gasteiger partial charge < -0.3 is 9.84 Å². The summed E-state index contributed by atoms with van der Waals surface area (Å²) < 4.78 is 33.1. The monoisotopic (exact) mass is 272 g/mol. The van der Waals surface area contributed by atoms with Crippen LogP contribution in [0.5, 0.6) is 0 Å². The van der Waals surface area contributed by atoms with E-state index in [2.05, 4.69) is 4.72 Å². The van der Waals surface area contributed by atoms with Gasteiger partial charge in [0, 0.05) is 13.1 Å². The number of hydrogen-bond donors (Lipinski definition) is 2. The number of aliphatic hydroxyl groups excluding tert-OH is 1. The average molecular weight is 272 g/mol. The maximum Gasteiger partial charge on any atom is 0.301 e. The van der Waals surface area contributed by atoms with Crippen LogP contribution in [0, 0.1) is 0 Å². The summed E-state index contributed by atoms with van der Waals surface area (Å²) in [5.74, 6) is 0. The van der Waals surface area contributed by atoms with Crippen LogP contribution >= 0.6 is 0 Å². The van der Waals surface area contributed by atoms with Crippen molar-refractivity contribution < 1.29 is 18.3 Å². The summed E-state index contributed by atoms with van der Waals surface area (Å²) in [6.45, 7) is 1.42. The summed E-state index contributed by atoms with van der Waals surface area (Å²) in [5.41, 5.74) is 1.12. The van der Waals surface area contributed by atoms with Crippen LogP contribution in [0.15, 0.2) is 24.3 Å². The fourth-order valence-corrected chi connectivity index (χ4v) is 2.92. The summed E-state index contributed by atoms with van der Waals surface area (Å²) in [6.07, 6.45) is 0. The van der Waals surface area contributed by atoms with Gasteiger partial charge in [0.15, 0.2) is 0 Å². The maximum absolute atomic E-state index is 12.1. The number of benzene rings is 1. The molecule has 1 aliphatic heterocycles. The van der Waals surface area contributed by atoms with Crippen molar-refractivity contribution in [3.05, 3.63) is 29.8 Å². The lowest BCUT2D eigenvalue weighted by molar-refractivity contribution is 0.0733. The van der Waals surface area contributed by atoms with Crippen LogP contribution in [0.4, 0.5) is 5.69 Å². The number of aliphatic hydroxyl groups is 1. The zero-order chi connectivity index (χ0) is 13.0. The fraction of sp³-hybridized carbons (Fsp3) is 0.455. The van der Waals surface area contributed by atoms with Gasteiger partial charge in [0.1, 0.15) is 0 Å². The fourth-order valence-electron chi connectivity index (χ4n) is 1.73. The first-order valence-electron chi connectivity index (χ1n) is 5.67. The second kappa shape index (κ2) is 5.66. The van der Waals surface area contributed by atoms with E-state index in [0.29, 0.717) is 37.6 Å². The molecule has 0 unspecified atom stereocenters. The molecule has 6 nitrogen and oxygen atoms in total. The molecule has 18 heavy (non-hydrogen) atoms. The standard InChI is InChI=1S/C11H16N2O4S/c14-9-10-2-1-3-11(8-10)12-18(15,16)13-4-6-17-7-5-13/h1-3,8,12,14H,4-7,9H2. The Hall–Kier alpha value is -1.15. The van der Waals surface area contributed by atoms with E-state index in [-0.39, 0.29) is 6.61 Å². The zero-order valence-electron chi connectivity index (χ0n) is 9.87. The van der Waals surface area contributed by atoms with Crippen molar-refractivity contribution >= 4 is 15.9 Å². The Morgan fingerprint density at radius 3 is 2.72 bits per heavy atom. The largest absolute Gasteiger partial charge is 0.392 e. The first-order chi connectivity index (χ1) is 8.62. The molecule has 0 atom stereocenters. The van der Waals surface area contributed by atoms with Crippen molar-refractivity contribution in [3.63, 3.8) is 0 Å². The summed E-state index contributed by atoms with van der Waals surface area (Å²) in [5, 5.41) is 9.00. The van der Waals surface area contributed by atoms with Gasteiger partial charge in [-0.15, -0.1) is 0 Å². The van der Waals surface area contributed by atoms with Crippen molar-refractivity contribution in [2.45, 2.75) is 6.61 Å². The molecule has 0 spiro atoms. The maximum atomic E-state index is 12.1. The van der Waals surface area contributed by atoms with Crippen molar-refractivity contribution in [1.82, 2.24) is 4.31 Å². The third-order valence-corrected chi connectivity index (χ3v) is 4.20. The number of rotatable bonds is 4. The van der Waals surface area contributed by atoms with Gasteiger partial charge in [-0.25, -0.2) is 0 Å². The van der Waals surface area contributed by atoms with E-state index < -0.39 is 10.2 Å². The number of ether oxygens (including phenoxy) is 1. The van der Waals surface area contributed by atoms with Crippen LogP contribution in [0.25, 0.3) is 0 Å². The van der Waals surface area contributed by atoms with E-state index in [0.717, 1.165) is 0 Å². The topological polar surface area (TPSA) is 78.9 Å². The zero-order valence-corrected chi connectivity index (χ0v) is 10.7. The molecule has 0 saturated carbocycles. The number of nitrogens with one attached hydrogen (secondary N) is 1. The third kappa shape index (κ3) is 3.20. The highest BCUT2D eigenvalue weighted by atomic mass is 32.2. The Balaban J connectivity index is 2.11. The third-order valence-electron chi connectivity index (χ3n) is 2.67. The van der Waals surface area contributed by atoms with Gasteiger partial charge in [0.25, 0.3) is 0 Å². The molecular formula is C11H16N2O4S. The predicted molar refractivity (Wildman–Crippen MR) is 67.3 cm³/mol. The number of anilines is 1. The Morgan fingerprint density at radius 2 is 2.06 bits per heavy atom. The van der Waals surface area contributed by atoms with E-state index >= 15 is 0 Å². The van der Waals surface area contributed by atoms with Gasteiger partial charge >= 0.3 is 10.2 Å². The van der Waals surface area contributed by atoms with Gasteiger partial charge in [-0.3, -0.25) is 4.72 Å². The first-order valence-corrected chi connectivity index (χ1v) is 7.11. The molecule has 0 aromatic heterocycles. The normalized spacial score (nSPS) is 17.6. The molecule has 7 heteroatoms. The molecule has 2 rings (SSSR count). The van der Waals surface area contributed by atoms with Crippen LogP contribution in [0.2, 0.25) is 0 Å². The van der Waals surface area contributed by atoms with Crippen LogP contribution in [0.1, 0.15) is 5.56 Å². The van der Waals surface area contributed by atoms with Gasteiger partial charge in [0.05, 0.1) is 25.5 Å². The molecule has 0 amide bonds. The average Bonchev–Trinajstić information content (AvgIpc) is 2.39. The van der Waals surface area contributed by atoms with E-state index in [4.69, 9.17) is 9.84 Å². The minimum atomic E-state index is -3.54. The first kappa shape index (κ1) is 13.3. The molecule has 1 aliphatic rings. The summed E-state index contributed by atoms with van der Waals surface area (Å²) >= 11 is 0. The SMILES string of the molecule is O=S(=O)(Nc1cccc(CO)c1)N1CCOCC1. The molecule has 100 valence electrons. The summed E-state index contributed by atoms with van der Waals surface area (Å²) in [4.78, 5) is 0. The quantitative estimate of drug-likeness (QED) is 0.819. The van der Waals surface area contributed by atoms with E-state index in [1.54, 1.807) is 24.3 Å². The lowest BCUT2D eigenvalue weighted by atomic mass is 10.2. The number of morpholine rings is 1. The molecule has 0 bridgehead atoms. The Morgan fingerprint density at radius 1 is 1.33 bits per heavy atom. The molecule has 0 radical (unpaired) electrons. The molecular weight excluding hydrogens is 256 g/mol. The van der Waals surface area contributed by atoms with Crippen molar-refractivity contribution in [1.29, 1.82) is 0 Å². The van der Waals surface area contributed by atoms with Crippen LogP contribution in [0.3, 0.4) is 0 Å². The molecule has 1 aromatic rings. The van der Waals surface area contributed by atoms with E-state index in [1.165, 1.54) is 4.31 Å². The molecule has 2 N–H and O–H groups in total. The van der Waals surface area contributed by atoms with Crippen LogP contribution in [-0.4, -0.2) is 44.1 Å². The molecule has 0 aliphatic carbocycles. The minimum absolute atomic E-state index is 0.118. The van der Waals surface area contributed by atoms with Crippen molar-refractivity contribution in [2.75, 3.05) is 31.0 Å². The Labute approximate surface area is 106 Å². The van der Waals surface area contributed by atoms with Crippen LogP contribution in [-0.2, 0) is 21.6 Å². The Bertz CT molecular complexity index is 498. The van der Waals surface area contributed by atoms with Crippen LogP contribution < -0.4 is 4.72 Å². The lowest BCUT2D eigenvalue weighted by Crippen LogP contribution is -2.43. The van der Waals surface area contributed by atoms with Crippen molar-refractivity contribution in [2.24, 2.45) is 0 Å². The molecule has 1 fully saturated rings.